The normalized spacial score (nSPS) is 10.9. The SMILES string of the molecule is COc1ccc(Cl)cc1NC(=S)NCc1ccccc1OC(F)(F)F. The predicted molar refractivity (Wildman–Crippen MR) is 94.2 cm³/mol. The number of rotatable bonds is 5. The lowest BCUT2D eigenvalue weighted by Crippen LogP contribution is -2.28. The molecule has 2 aromatic carbocycles. The molecule has 9 heteroatoms. The molecule has 0 aliphatic carbocycles. The molecule has 0 aliphatic heterocycles. The van der Waals surface area contributed by atoms with Crippen molar-refractivity contribution in [2.24, 2.45) is 0 Å². The maximum atomic E-state index is 12.4. The van der Waals surface area contributed by atoms with E-state index in [2.05, 4.69) is 15.4 Å². The highest BCUT2D eigenvalue weighted by Gasteiger charge is 2.31. The third-order valence-electron chi connectivity index (χ3n) is 3.05. The van der Waals surface area contributed by atoms with Crippen molar-refractivity contribution in [3.63, 3.8) is 0 Å². The van der Waals surface area contributed by atoms with E-state index < -0.39 is 6.36 Å². The van der Waals surface area contributed by atoms with Crippen LogP contribution in [0, 0.1) is 0 Å². The van der Waals surface area contributed by atoms with Gasteiger partial charge in [-0.1, -0.05) is 29.8 Å². The Balaban J connectivity index is 2.03. The van der Waals surface area contributed by atoms with Crippen molar-refractivity contribution in [2.75, 3.05) is 12.4 Å². The molecule has 2 aromatic rings. The van der Waals surface area contributed by atoms with Crippen LogP contribution in [0.3, 0.4) is 0 Å². The molecule has 0 unspecified atom stereocenters. The Morgan fingerprint density at radius 3 is 2.56 bits per heavy atom. The van der Waals surface area contributed by atoms with E-state index in [-0.39, 0.29) is 17.4 Å². The van der Waals surface area contributed by atoms with Crippen LogP contribution in [-0.4, -0.2) is 18.6 Å². The molecule has 0 saturated heterocycles. The van der Waals surface area contributed by atoms with Gasteiger partial charge in [-0.05, 0) is 36.5 Å². The Kier molecular flexibility index (Phi) is 6.33. The highest BCUT2D eigenvalue weighted by molar-refractivity contribution is 7.80. The van der Waals surface area contributed by atoms with Gasteiger partial charge in [0, 0.05) is 17.1 Å². The monoisotopic (exact) mass is 390 g/mol. The van der Waals surface area contributed by atoms with Crippen molar-refractivity contribution in [3.05, 3.63) is 53.1 Å². The maximum absolute atomic E-state index is 12.4. The minimum atomic E-state index is -4.76. The van der Waals surface area contributed by atoms with E-state index in [1.165, 1.54) is 25.3 Å². The summed E-state index contributed by atoms with van der Waals surface area (Å²) >= 11 is 11.1. The van der Waals surface area contributed by atoms with E-state index in [4.69, 9.17) is 28.6 Å². The second-order valence-corrected chi connectivity index (χ2v) is 5.65. The fourth-order valence-corrected chi connectivity index (χ4v) is 2.35. The second kappa shape index (κ2) is 8.26. The molecule has 0 fully saturated rings. The van der Waals surface area contributed by atoms with Crippen LogP contribution in [0.1, 0.15) is 5.56 Å². The van der Waals surface area contributed by atoms with Crippen molar-refractivity contribution in [1.82, 2.24) is 5.32 Å². The zero-order valence-electron chi connectivity index (χ0n) is 13.0. The molecule has 25 heavy (non-hydrogen) atoms. The minimum Gasteiger partial charge on any atom is -0.495 e. The Morgan fingerprint density at radius 2 is 1.88 bits per heavy atom. The van der Waals surface area contributed by atoms with Gasteiger partial charge in [-0.15, -0.1) is 13.2 Å². The average Bonchev–Trinajstić information content (AvgIpc) is 2.53. The molecule has 134 valence electrons. The zero-order chi connectivity index (χ0) is 18.4. The number of para-hydroxylation sites is 1. The van der Waals surface area contributed by atoms with Crippen LogP contribution in [-0.2, 0) is 6.54 Å². The van der Waals surface area contributed by atoms with Gasteiger partial charge in [0.25, 0.3) is 0 Å². The van der Waals surface area contributed by atoms with Crippen LogP contribution in [0.5, 0.6) is 11.5 Å². The Morgan fingerprint density at radius 1 is 1.16 bits per heavy atom. The summed E-state index contributed by atoms with van der Waals surface area (Å²) in [4.78, 5) is 0. The van der Waals surface area contributed by atoms with E-state index in [1.807, 2.05) is 0 Å². The molecule has 0 atom stereocenters. The molecular weight excluding hydrogens is 377 g/mol. The molecule has 0 spiro atoms. The number of ether oxygens (including phenoxy) is 2. The van der Waals surface area contributed by atoms with Crippen LogP contribution in [0.25, 0.3) is 0 Å². The Labute approximate surface area is 152 Å². The third-order valence-corrected chi connectivity index (χ3v) is 3.53. The Hall–Kier alpha value is -2.19. The van der Waals surface area contributed by atoms with Gasteiger partial charge in [0.2, 0.25) is 0 Å². The smallest absolute Gasteiger partial charge is 0.495 e. The first-order chi connectivity index (χ1) is 11.8. The van der Waals surface area contributed by atoms with E-state index >= 15 is 0 Å². The van der Waals surface area contributed by atoms with Gasteiger partial charge in [-0.2, -0.15) is 0 Å². The quantitative estimate of drug-likeness (QED) is 0.722. The van der Waals surface area contributed by atoms with Gasteiger partial charge in [0.15, 0.2) is 5.11 Å². The molecule has 0 bridgehead atoms. The lowest BCUT2D eigenvalue weighted by atomic mass is 10.2. The number of methoxy groups -OCH3 is 1. The lowest BCUT2D eigenvalue weighted by Gasteiger charge is -2.16. The van der Waals surface area contributed by atoms with Gasteiger partial charge in [-0.25, -0.2) is 0 Å². The predicted octanol–water partition coefficient (Wildman–Crippen LogP) is 4.73. The van der Waals surface area contributed by atoms with Crippen molar-refractivity contribution in [2.45, 2.75) is 12.9 Å². The van der Waals surface area contributed by atoms with E-state index in [0.29, 0.717) is 22.0 Å². The van der Waals surface area contributed by atoms with Gasteiger partial charge < -0.3 is 20.1 Å². The molecule has 0 saturated carbocycles. The number of halogens is 4. The summed E-state index contributed by atoms with van der Waals surface area (Å²) < 4.78 is 46.4. The Bertz CT molecular complexity index is 756. The minimum absolute atomic E-state index is 0.0426. The number of anilines is 1. The fraction of sp³-hybridized carbons (Fsp3) is 0.188. The molecular formula is C16H14ClF3N2O2S. The number of hydrogen-bond acceptors (Lipinski definition) is 3. The van der Waals surface area contributed by atoms with Crippen LogP contribution in [0.15, 0.2) is 42.5 Å². The summed E-state index contributed by atoms with van der Waals surface area (Å²) in [7, 11) is 1.50. The number of hydrogen-bond donors (Lipinski definition) is 2. The van der Waals surface area contributed by atoms with E-state index in [9.17, 15) is 13.2 Å². The molecule has 0 aliphatic rings. The molecule has 0 amide bonds. The molecule has 0 aromatic heterocycles. The fourth-order valence-electron chi connectivity index (χ4n) is 1.99. The van der Waals surface area contributed by atoms with Gasteiger partial charge in [-0.3, -0.25) is 0 Å². The van der Waals surface area contributed by atoms with Gasteiger partial charge in [0.1, 0.15) is 11.5 Å². The number of alkyl halides is 3. The van der Waals surface area contributed by atoms with Crippen LogP contribution in [0.4, 0.5) is 18.9 Å². The highest BCUT2D eigenvalue weighted by atomic mass is 35.5. The van der Waals surface area contributed by atoms with E-state index in [0.717, 1.165) is 0 Å². The lowest BCUT2D eigenvalue weighted by molar-refractivity contribution is -0.274. The summed E-state index contributed by atoms with van der Waals surface area (Å²) in [5, 5.41) is 6.38. The van der Waals surface area contributed by atoms with Crippen molar-refractivity contribution < 1.29 is 22.6 Å². The molecule has 4 nitrogen and oxygen atoms in total. The first-order valence-electron chi connectivity index (χ1n) is 7.00. The number of benzene rings is 2. The maximum Gasteiger partial charge on any atom is 0.573 e. The molecule has 2 N–H and O–H groups in total. The second-order valence-electron chi connectivity index (χ2n) is 4.81. The zero-order valence-corrected chi connectivity index (χ0v) is 14.6. The van der Waals surface area contributed by atoms with Crippen molar-refractivity contribution >= 4 is 34.6 Å². The molecule has 0 heterocycles. The topological polar surface area (TPSA) is 42.5 Å². The van der Waals surface area contributed by atoms with Crippen LogP contribution >= 0.6 is 23.8 Å². The van der Waals surface area contributed by atoms with Crippen molar-refractivity contribution in [1.29, 1.82) is 0 Å². The number of thiocarbonyl (C=S) groups is 1. The van der Waals surface area contributed by atoms with Crippen molar-refractivity contribution in [3.8, 4) is 11.5 Å². The molecule has 0 radical (unpaired) electrons. The summed E-state index contributed by atoms with van der Waals surface area (Å²) in [6.07, 6.45) is -4.76. The summed E-state index contributed by atoms with van der Waals surface area (Å²) in [5.74, 6) is 0.236. The van der Waals surface area contributed by atoms with Crippen LogP contribution < -0.4 is 20.1 Å². The molecule has 2 rings (SSSR count). The first kappa shape index (κ1) is 19.1. The highest BCUT2D eigenvalue weighted by Crippen LogP contribution is 2.28. The first-order valence-corrected chi connectivity index (χ1v) is 7.79. The number of nitrogens with one attached hydrogen (secondary N) is 2. The summed E-state index contributed by atoms with van der Waals surface area (Å²) in [6.45, 7) is 0.0426. The third kappa shape index (κ3) is 5.99. The summed E-state index contributed by atoms with van der Waals surface area (Å²) in [6, 6.07) is 10.8. The van der Waals surface area contributed by atoms with E-state index in [1.54, 1.807) is 24.3 Å². The van der Waals surface area contributed by atoms with Gasteiger partial charge >= 0.3 is 6.36 Å². The summed E-state index contributed by atoms with van der Waals surface area (Å²) in [5.41, 5.74) is 0.842. The van der Waals surface area contributed by atoms with Crippen LogP contribution in [0.2, 0.25) is 5.02 Å². The average molecular weight is 391 g/mol. The standard InChI is InChI=1S/C16H14ClF3N2O2S/c1-23-14-7-6-11(17)8-12(14)22-15(25)21-9-10-4-2-3-5-13(10)24-16(18,19)20/h2-8H,9H2,1H3,(H2,21,22,25). The van der Waals surface area contributed by atoms with Gasteiger partial charge in [0.05, 0.1) is 12.8 Å². The largest absolute Gasteiger partial charge is 0.573 e.